The number of pyridine rings is 1. The van der Waals surface area contributed by atoms with Crippen LogP contribution >= 0.6 is 27.5 Å². The molecule has 0 amide bonds. The molecule has 1 aromatic heterocycles. The number of hydrogen-bond donors (Lipinski definition) is 1. The van der Waals surface area contributed by atoms with Crippen molar-refractivity contribution in [3.63, 3.8) is 0 Å². The third-order valence-electron chi connectivity index (χ3n) is 2.13. The van der Waals surface area contributed by atoms with Crippen LogP contribution in [0.1, 0.15) is 5.56 Å². The summed E-state index contributed by atoms with van der Waals surface area (Å²) in [6.07, 6.45) is 3.33. The summed E-state index contributed by atoms with van der Waals surface area (Å²) in [7, 11) is 0. The molecule has 1 aromatic carbocycles. The molecule has 0 atom stereocenters. The highest BCUT2D eigenvalue weighted by atomic mass is 79.9. The van der Waals surface area contributed by atoms with E-state index in [9.17, 15) is 0 Å². The lowest BCUT2D eigenvalue weighted by atomic mass is 10.3. The van der Waals surface area contributed by atoms with Crippen molar-refractivity contribution in [3.05, 3.63) is 51.7 Å². The fourth-order valence-electron chi connectivity index (χ4n) is 1.32. The highest BCUT2D eigenvalue weighted by Crippen LogP contribution is 2.31. The van der Waals surface area contributed by atoms with Gasteiger partial charge >= 0.3 is 0 Å². The number of aromatic nitrogens is 1. The van der Waals surface area contributed by atoms with Crippen molar-refractivity contribution in [1.82, 2.24) is 4.98 Å². The van der Waals surface area contributed by atoms with E-state index in [1.807, 2.05) is 12.1 Å². The quantitative estimate of drug-likeness (QED) is 0.939. The molecule has 1 heterocycles. The second-order valence-electron chi connectivity index (χ2n) is 3.41. The van der Waals surface area contributed by atoms with Gasteiger partial charge in [-0.3, -0.25) is 4.98 Å². The highest BCUT2D eigenvalue weighted by Gasteiger charge is 2.04. The Bertz CT molecular complexity index is 534. The molecular weight excluding hydrogens is 304 g/mol. The van der Waals surface area contributed by atoms with E-state index in [0.717, 1.165) is 10.0 Å². The van der Waals surface area contributed by atoms with E-state index in [4.69, 9.17) is 22.1 Å². The van der Waals surface area contributed by atoms with Crippen molar-refractivity contribution in [1.29, 1.82) is 0 Å². The van der Waals surface area contributed by atoms with Crippen LogP contribution in [-0.2, 0) is 6.54 Å². The summed E-state index contributed by atoms with van der Waals surface area (Å²) in [5.74, 6) is 1.21. The first kappa shape index (κ1) is 12.4. The van der Waals surface area contributed by atoms with Crippen LogP contribution < -0.4 is 10.5 Å². The number of nitrogens with zero attached hydrogens (tertiary/aromatic N) is 1. The number of benzene rings is 1. The van der Waals surface area contributed by atoms with Gasteiger partial charge in [-0.1, -0.05) is 27.5 Å². The molecule has 0 saturated heterocycles. The normalized spacial score (nSPS) is 10.3. The van der Waals surface area contributed by atoms with Gasteiger partial charge in [-0.25, -0.2) is 0 Å². The minimum absolute atomic E-state index is 0.429. The van der Waals surface area contributed by atoms with E-state index in [-0.39, 0.29) is 0 Å². The van der Waals surface area contributed by atoms with E-state index in [2.05, 4.69) is 20.9 Å². The van der Waals surface area contributed by atoms with Gasteiger partial charge < -0.3 is 10.5 Å². The molecule has 0 spiro atoms. The molecule has 0 aliphatic carbocycles. The second kappa shape index (κ2) is 5.49. The van der Waals surface area contributed by atoms with Gasteiger partial charge in [0.05, 0.1) is 11.2 Å². The Morgan fingerprint density at radius 2 is 2.12 bits per heavy atom. The van der Waals surface area contributed by atoms with Crippen LogP contribution in [0.4, 0.5) is 0 Å². The molecule has 0 radical (unpaired) electrons. The fourth-order valence-corrected chi connectivity index (χ4v) is 2.03. The third kappa shape index (κ3) is 3.19. The Balaban J connectivity index is 2.25. The predicted octanol–water partition coefficient (Wildman–Crippen LogP) is 3.75. The van der Waals surface area contributed by atoms with Crippen LogP contribution in [0, 0.1) is 0 Å². The Kier molecular flexibility index (Phi) is 3.99. The number of hydrogen-bond acceptors (Lipinski definition) is 3. The molecule has 0 aliphatic rings. The van der Waals surface area contributed by atoms with Crippen LogP contribution in [-0.4, -0.2) is 4.98 Å². The highest BCUT2D eigenvalue weighted by molar-refractivity contribution is 9.10. The Hall–Kier alpha value is -1.10. The van der Waals surface area contributed by atoms with Gasteiger partial charge in [0, 0.05) is 17.2 Å². The maximum absolute atomic E-state index is 6.05. The summed E-state index contributed by atoms with van der Waals surface area (Å²) in [5, 5.41) is 0.539. The number of halogens is 2. The average Bonchev–Trinajstić information content (AvgIpc) is 2.33. The number of rotatable bonds is 3. The molecule has 2 rings (SSSR count). The molecule has 3 nitrogen and oxygen atoms in total. The van der Waals surface area contributed by atoms with Gasteiger partial charge in [0.2, 0.25) is 0 Å². The smallest absolute Gasteiger partial charge is 0.146 e. The van der Waals surface area contributed by atoms with Crippen molar-refractivity contribution >= 4 is 27.5 Å². The van der Waals surface area contributed by atoms with E-state index < -0.39 is 0 Å². The zero-order chi connectivity index (χ0) is 12.3. The van der Waals surface area contributed by atoms with Crippen LogP contribution in [0.25, 0.3) is 0 Å². The van der Waals surface area contributed by atoms with Crippen LogP contribution in [0.3, 0.4) is 0 Å². The van der Waals surface area contributed by atoms with Gasteiger partial charge in [0.25, 0.3) is 0 Å². The fraction of sp³-hybridized carbons (Fsp3) is 0.0833. The summed E-state index contributed by atoms with van der Waals surface area (Å²) in [5.41, 5.74) is 6.45. The molecule has 17 heavy (non-hydrogen) atoms. The molecule has 2 aromatic rings. The predicted molar refractivity (Wildman–Crippen MR) is 71.4 cm³/mol. The van der Waals surface area contributed by atoms with Crippen molar-refractivity contribution < 1.29 is 4.74 Å². The molecule has 0 fully saturated rings. The minimum atomic E-state index is 0.429. The first-order valence-corrected chi connectivity index (χ1v) is 6.13. The molecule has 0 aliphatic heterocycles. The molecule has 0 unspecified atom stereocenters. The van der Waals surface area contributed by atoms with E-state index >= 15 is 0 Å². The summed E-state index contributed by atoms with van der Waals surface area (Å²) in [6.45, 7) is 0.429. The minimum Gasteiger partial charge on any atom is -0.454 e. The monoisotopic (exact) mass is 312 g/mol. The number of nitrogens with two attached hydrogens (primary N) is 1. The molecule has 88 valence electrons. The van der Waals surface area contributed by atoms with Gasteiger partial charge in [-0.15, -0.1) is 0 Å². The zero-order valence-electron chi connectivity index (χ0n) is 8.86. The van der Waals surface area contributed by atoms with Crippen molar-refractivity contribution in [3.8, 4) is 11.5 Å². The van der Waals surface area contributed by atoms with Gasteiger partial charge in [-0.05, 0) is 29.8 Å². The molecular formula is C12H10BrClN2O. The van der Waals surface area contributed by atoms with E-state index in [0.29, 0.717) is 23.1 Å². The molecule has 2 N–H and O–H groups in total. The third-order valence-corrected chi connectivity index (χ3v) is 2.92. The largest absolute Gasteiger partial charge is 0.454 e. The van der Waals surface area contributed by atoms with Crippen LogP contribution in [0.5, 0.6) is 11.5 Å². The van der Waals surface area contributed by atoms with E-state index in [1.165, 1.54) is 0 Å². The molecule has 0 bridgehead atoms. The molecule has 5 heteroatoms. The van der Waals surface area contributed by atoms with Crippen molar-refractivity contribution in [2.24, 2.45) is 5.73 Å². The Labute approximate surface area is 113 Å². The van der Waals surface area contributed by atoms with Gasteiger partial charge in [0.15, 0.2) is 0 Å². The first-order valence-electron chi connectivity index (χ1n) is 4.96. The van der Waals surface area contributed by atoms with Crippen molar-refractivity contribution in [2.75, 3.05) is 0 Å². The summed E-state index contributed by atoms with van der Waals surface area (Å²) in [4.78, 5) is 4.04. The SMILES string of the molecule is NCc1cncc(Oc2ccc(Br)cc2Cl)c1. The summed E-state index contributed by atoms with van der Waals surface area (Å²) in [6, 6.07) is 7.27. The Morgan fingerprint density at radius 3 is 2.82 bits per heavy atom. The lowest BCUT2D eigenvalue weighted by Crippen LogP contribution is -1.97. The summed E-state index contributed by atoms with van der Waals surface area (Å²) >= 11 is 9.39. The second-order valence-corrected chi connectivity index (χ2v) is 4.73. The molecule has 0 saturated carbocycles. The standard InChI is InChI=1S/C12H10BrClN2O/c13-9-1-2-12(11(14)4-9)17-10-3-8(5-15)6-16-7-10/h1-4,6-7H,5,15H2. The first-order chi connectivity index (χ1) is 8.19. The zero-order valence-corrected chi connectivity index (χ0v) is 11.2. The number of ether oxygens (including phenoxy) is 1. The topological polar surface area (TPSA) is 48.1 Å². The lowest BCUT2D eigenvalue weighted by molar-refractivity contribution is 0.479. The van der Waals surface area contributed by atoms with Crippen molar-refractivity contribution in [2.45, 2.75) is 6.54 Å². The lowest BCUT2D eigenvalue weighted by Gasteiger charge is -2.08. The van der Waals surface area contributed by atoms with Gasteiger partial charge in [0.1, 0.15) is 11.5 Å². The summed E-state index contributed by atoms with van der Waals surface area (Å²) < 4.78 is 6.54. The van der Waals surface area contributed by atoms with Crippen LogP contribution in [0.15, 0.2) is 41.1 Å². The van der Waals surface area contributed by atoms with Gasteiger partial charge in [-0.2, -0.15) is 0 Å². The maximum atomic E-state index is 6.05. The van der Waals surface area contributed by atoms with E-state index in [1.54, 1.807) is 24.5 Å². The average molecular weight is 314 g/mol. The Morgan fingerprint density at radius 1 is 1.29 bits per heavy atom. The maximum Gasteiger partial charge on any atom is 0.146 e. The van der Waals surface area contributed by atoms with Crippen LogP contribution in [0.2, 0.25) is 5.02 Å².